The maximum atomic E-state index is 13.8. The second-order valence-corrected chi connectivity index (χ2v) is 12.4. The highest BCUT2D eigenvalue weighted by Crippen LogP contribution is 2.43. The summed E-state index contributed by atoms with van der Waals surface area (Å²) in [6.45, 7) is 4.70. The number of amides is 3. The van der Waals surface area contributed by atoms with Gasteiger partial charge in [0.05, 0.1) is 19.1 Å². The molecule has 4 saturated heterocycles. The molecule has 2 aromatic rings. The van der Waals surface area contributed by atoms with E-state index in [-0.39, 0.29) is 42.2 Å². The fourth-order valence-electron chi connectivity index (χ4n) is 7.34. The molecule has 0 N–H and O–H groups in total. The van der Waals surface area contributed by atoms with Gasteiger partial charge in [-0.05, 0) is 61.5 Å². The number of benzene rings is 2. The van der Waals surface area contributed by atoms with E-state index in [4.69, 9.17) is 4.74 Å². The Balaban J connectivity index is 1.07. The number of ether oxygens (including phenoxy) is 1. The van der Waals surface area contributed by atoms with Crippen LogP contribution >= 0.6 is 0 Å². The van der Waals surface area contributed by atoms with Gasteiger partial charge in [0.2, 0.25) is 5.91 Å². The van der Waals surface area contributed by atoms with Gasteiger partial charge in [-0.25, -0.2) is 13.6 Å². The normalized spacial score (nSPS) is 25.8. The quantitative estimate of drug-likeness (QED) is 0.510. The van der Waals surface area contributed by atoms with Gasteiger partial charge in [0.25, 0.3) is 5.92 Å². The Hall–Kier alpha value is -3.20. The Morgan fingerprint density at radius 1 is 0.902 bits per heavy atom. The van der Waals surface area contributed by atoms with Crippen molar-refractivity contribution in [1.29, 1.82) is 0 Å². The van der Waals surface area contributed by atoms with Crippen LogP contribution in [0.25, 0.3) is 0 Å². The van der Waals surface area contributed by atoms with Crippen molar-refractivity contribution in [3.8, 4) is 5.75 Å². The Morgan fingerprint density at radius 2 is 1.61 bits per heavy atom. The van der Waals surface area contributed by atoms with Gasteiger partial charge < -0.3 is 24.3 Å². The highest BCUT2D eigenvalue weighted by atomic mass is 19.3. The van der Waals surface area contributed by atoms with Crippen LogP contribution in [0, 0.1) is 11.3 Å². The molecule has 7 nitrogen and oxygen atoms in total. The maximum absolute atomic E-state index is 13.8. The molecule has 220 valence electrons. The Kier molecular flexibility index (Phi) is 7.66. The van der Waals surface area contributed by atoms with E-state index in [1.165, 1.54) is 10.5 Å². The van der Waals surface area contributed by atoms with Crippen molar-refractivity contribution >= 4 is 11.9 Å². The van der Waals surface area contributed by atoms with Gasteiger partial charge in [-0.3, -0.25) is 4.79 Å². The van der Waals surface area contributed by atoms with E-state index in [0.717, 1.165) is 56.8 Å². The molecule has 0 saturated carbocycles. The second-order valence-electron chi connectivity index (χ2n) is 12.4. The monoisotopic (exact) mass is 566 g/mol. The smallest absolute Gasteiger partial charge is 0.320 e. The molecule has 0 unspecified atom stereocenters. The van der Waals surface area contributed by atoms with Crippen LogP contribution in [0.5, 0.6) is 5.75 Å². The summed E-state index contributed by atoms with van der Waals surface area (Å²) in [6, 6.07) is 17.9. The lowest BCUT2D eigenvalue weighted by molar-refractivity contribution is -0.139. The molecular formula is C32H40F2N4O3. The molecule has 9 heteroatoms. The molecule has 2 aromatic carbocycles. The van der Waals surface area contributed by atoms with Crippen molar-refractivity contribution in [2.24, 2.45) is 11.3 Å². The lowest BCUT2D eigenvalue weighted by Crippen LogP contribution is -2.46. The number of alkyl halides is 2. The van der Waals surface area contributed by atoms with Crippen molar-refractivity contribution < 1.29 is 23.1 Å². The molecule has 4 heterocycles. The second kappa shape index (κ2) is 11.2. The zero-order valence-electron chi connectivity index (χ0n) is 23.8. The summed E-state index contributed by atoms with van der Waals surface area (Å²) in [4.78, 5) is 34.3. The third kappa shape index (κ3) is 5.78. The standard InChI is InChI=1S/C32H40F2N4O3/c1-41-27-9-7-24(8-10-27)19-36-17-13-31(29(36)39)11-15-35(16-12-31)20-26-21-38(22-28(26)25-5-3-2-4-6-25)30(40)37-18-14-32(33,34)23-37/h2-10,26,28H,11-23H2,1H3/t26-,28+/m0/s1. The van der Waals surface area contributed by atoms with E-state index < -0.39 is 12.5 Å². The number of carbonyl (C=O) groups is 2. The molecule has 0 bridgehead atoms. The third-order valence-electron chi connectivity index (χ3n) is 9.82. The van der Waals surface area contributed by atoms with Crippen LogP contribution in [0.15, 0.2) is 54.6 Å². The number of methoxy groups -OCH3 is 1. The number of nitrogens with zero attached hydrogens (tertiary/aromatic N) is 4. The van der Waals surface area contributed by atoms with E-state index in [0.29, 0.717) is 19.6 Å². The number of carbonyl (C=O) groups excluding carboxylic acids is 2. The average molecular weight is 567 g/mol. The number of piperidine rings is 1. The van der Waals surface area contributed by atoms with Gasteiger partial charge in [-0.2, -0.15) is 0 Å². The number of hydrogen-bond acceptors (Lipinski definition) is 4. The zero-order valence-corrected chi connectivity index (χ0v) is 23.8. The predicted molar refractivity (Wildman–Crippen MR) is 152 cm³/mol. The first-order valence-electron chi connectivity index (χ1n) is 14.9. The van der Waals surface area contributed by atoms with Crippen LogP contribution in [0.4, 0.5) is 13.6 Å². The van der Waals surface area contributed by atoms with Crippen LogP contribution in [0.2, 0.25) is 0 Å². The molecule has 1 spiro atoms. The molecule has 4 fully saturated rings. The van der Waals surface area contributed by atoms with Crippen LogP contribution in [-0.4, -0.2) is 96.9 Å². The number of hydrogen-bond donors (Lipinski definition) is 0. The first-order chi connectivity index (χ1) is 19.7. The van der Waals surface area contributed by atoms with E-state index in [1.807, 2.05) is 47.4 Å². The van der Waals surface area contributed by atoms with Gasteiger partial charge >= 0.3 is 6.03 Å². The molecular weight excluding hydrogens is 526 g/mol. The van der Waals surface area contributed by atoms with E-state index in [1.54, 1.807) is 12.0 Å². The molecule has 3 amide bonds. The highest BCUT2D eigenvalue weighted by Gasteiger charge is 2.49. The lowest BCUT2D eigenvalue weighted by Gasteiger charge is -2.39. The number of rotatable bonds is 6. The maximum Gasteiger partial charge on any atom is 0.320 e. The zero-order chi connectivity index (χ0) is 28.6. The molecule has 4 aliphatic heterocycles. The Labute approximate surface area is 241 Å². The molecule has 4 aliphatic rings. The summed E-state index contributed by atoms with van der Waals surface area (Å²) in [7, 11) is 1.65. The lowest BCUT2D eigenvalue weighted by atomic mass is 9.76. The topological polar surface area (TPSA) is 56.3 Å². The number of likely N-dealkylation sites (tertiary alicyclic amines) is 4. The van der Waals surface area contributed by atoms with Gasteiger partial charge in [0.1, 0.15) is 5.75 Å². The molecule has 0 radical (unpaired) electrons. The number of urea groups is 1. The van der Waals surface area contributed by atoms with Gasteiger partial charge in [-0.1, -0.05) is 42.5 Å². The summed E-state index contributed by atoms with van der Waals surface area (Å²) in [5, 5.41) is 0. The highest BCUT2D eigenvalue weighted by molar-refractivity contribution is 5.85. The van der Waals surface area contributed by atoms with E-state index in [2.05, 4.69) is 17.0 Å². The van der Waals surface area contributed by atoms with Crippen molar-refractivity contribution in [3.05, 3.63) is 65.7 Å². The van der Waals surface area contributed by atoms with Gasteiger partial charge in [-0.15, -0.1) is 0 Å². The van der Waals surface area contributed by atoms with Crippen molar-refractivity contribution in [1.82, 2.24) is 19.6 Å². The summed E-state index contributed by atoms with van der Waals surface area (Å²) >= 11 is 0. The average Bonchev–Trinajstić information content (AvgIpc) is 3.66. The largest absolute Gasteiger partial charge is 0.497 e. The van der Waals surface area contributed by atoms with Crippen molar-refractivity contribution in [3.63, 3.8) is 0 Å². The van der Waals surface area contributed by atoms with E-state index in [9.17, 15) is 18.4 Å². The fourth-order valence-corrected chi connectivity index (χ4v) is 7.34. The predicted octanol–water partition coefficient (Wildman–Crippen LogP) is 4.69. The van der Waals surface area contributed by atoms with Crippen LogP contribution in [0.3, 0.4) is 0 Å². The fraction of sp³-hybridized carbons (Fsp3) is 0.562. The minimum absolute atomic E-state index is 0.112. The third-order valence-corrected chi connectivity index (χ3v) is 9.82. The van der Waals surface area contributed by atoms with Crippen LogP contribution < -0.4 is 4.74 Å². The van der Waals surface area contributed by atoms with Crippen LogP contribution in [-0.2, 0) is 11.3 Å². The molecule has 41 heavy (non-hydrogen) atoms. The molecule has 2 atom stereocenters. The summed E-state index contributed by atoms with van der Waals surface area (Å²) in [6.07, 6.45) is 2.33. The summed E-state index contributed by atoms with van der Waals surface area (Å²) in [5.41, 5.74) is 2.02. The van der Waals surface area contributed by atoms with Crippen molar-refractivity contribution in [2.75, 3.05) is 59.5 Å². The van der Waals surface area contributed by atoms with Crippen LogP contribution in [0.1, 0.15) is 42.7 Å². The minimum Gasteiger partial charge on any atom is -0.497 e. The molecule has 0 aliphatic carbocycles. The molecule has 0 aromatic heterocycles. The minimum atomic E-state index is -2.79. The summed E-state index contributed by atoms with van der Waals surface area (Å²) < 4.78 is 32.9. The van der Waals surface area contributed by atoms with Gasteiger partial charge in [0.15, 0.2) is 0 Å². The number of halogens is 2. The first kappa shape index (κ1) is 27.9. The van der Waals surface area contributed by atoms with Crippen molar-refractivity contribution in [2.45, 2.75) is 44.1 Å². The van der Waals surface area contributed by atoms with Gasteiger partial charge in [0, 0.05) is 51.6 Å². The van der Waals surface area contributed by atoms with E-state index >= 15 is 0 Å². The first-order valence-corrected chi connectivity index (χ1v) is 14.9. The Morgan fingerprint density at radius 3 is 2.27 bits per heavy atom. The molecule has 6 rings (SSSR count). The SMILES string of the molecule is COc1ccc(CN2CCC3(CCN(C[C@H]4CN(C(=O)N5CCC(F)(F)C5)C[C@@H]4c4ccccc4)CC3)C2=O)cc1. The Bertz CT molecular complexity index is 1230. The summed E-state index contributed by atoms with van der Waals surface area (Å²) in [5.74, 6) is -1.33.